The van der Waals surface area contributed by atoms with E-state index in [4.69, 9.17) is 11.6 Å². The lowest BCUT2D eigenvalue weighted by atomic mass is 10.2. The molecule has 0 atom stereocenters. The first kappa shape index (κ1) is 15.3. The van der Waals surface area contributed by atoms with E-state index >= 15 is 0 Å². The van der Waals surface area contributed by atoms with Crippen molar-refractivity contribution >= 4 is 33.2 Å². The minimum absolute atomic E-state index is 0.311. The standard InChI is InChI=1S/C14H16BrClFN3/c1-3-11-14(15)13(20(4-2)19-11)8-18-12-7-9(17)5-6-10(12)16/h5-7,18H,3-4,8H2,1-2H3. The molecule has 2 aromatic rings. The van der Waals surface area contributed by atoms with Crippen LogP contribution in [0.2, 0.25) is 5.02 Å². The van der Waals surface area contributed by atoms with Gasteiger partial charge in [-0.1, -0.05) is 18.5 Å². The molecule has 0 saturated carbocycles. The zero-order valence-electron chi connectivity index (χ0n) is 11.4. The van der Waals surface area contributed by atoms with Crippen molar-refractivity contribution in [3.05, 3.63) is 44.9 Å². The summed E-state index contributed by atoms with van der Waals surface area (Å²) in [5.74, 6) is -0.311. The predicted molar refractivity (Wildman–Crippen MR) is 83.7 cm³/mol. The van der Waals surface area contributed by atoms with Gasteiger partial charge in [-0.3, -0.25) is 4.68 Å². The molecule has 0 radical (unpaired) electrons. The quantitative estimate of drug-likeness (QED) is 0.842. The van der Waals surface area contributed by atoms with Crippen LogP contribution in [-0.4, -0.2) is 9.78 Å². The molecule has 1 aromatic carbocycles. The summed E-state index contributed by atoms with van der Waals surface area (Å²) in [6.45, 7) is 5.42. The number of rotatable bonds is 5. The van der Waals surface area contributed by atoms with E-state index in [1.807, 2.05) is 11.6 Å². The number of aromatic nitrogens is 2. The molecule has 3 nitrogen and oxygen atoms in total. The number of hydrogen-bond acceptors (Lipinski definition) is 2. The monoisotopic (exact) mass is 359 g/mol. The molecule has 0 fully saturated rings. The van der Waals surface area contributed by atoms with Gasteiger partial charge >= 0.3 is 0 Å². The Morgan fingerprint density at radius 2 is 2.15 bits per heavy atom. The van der Waals surface area contributed by atoms with Crippen LogP contribution in [0.4, 0.5) is 10.1 Å². The summed E-state index contributed by atoms with van der Waals surface area (Å²) in [6.07, 6.45) is 0.862. The summed E-state index contributed by atoms with van der Waals surface area (Å²) < 4.78 is 16.2. The van der Waals surface area contributed by atoms with E-state index in [-0.39, 0.29) is 5.82 Å². The van der Waals surface area contributed by atoms with Gasteiger partial charge < -0.3 is 5.32 Å². The lowest BCUT2D eigenvalue weighted by Gasteiger charge is -2.10. The van der Waals surface area contributed by atoms with Crippen molar-refractivity contribution in [2.45, 2.75) is 33.4 Å². The van der Waals surface area contributed by atoms with Crippen LogP contribution in [0.3, 0.4) is 0 Å². The average Bonchev–Trinajstić information content (AvgIpc) is 2.75. The van der Waals surface area contributed by atoms with Crippen LogP contribution >= 0.6 is 27.5 Å². The fourth-order valence-electron chi connectivity index (χ4n) is 2.00. The molecule has 0 spiro atoms. The molecule has 6 heteroatoms. The molecule has 1 heterocycles. The second-order valence-corrected chi connectivity index (χ2v) is 5.55. The van der Waals surface area contributed by atoms with Gasteiger partial charge in [0.15, 0.2) is 0 Å². The number of aryl methyl sites for hydroxylation is 2. The highest BCUT2D eigenvalue weighted by molar-refractivity contribution is 9.10. The third kappa shape index (κ3) is 3.15. The normalized spacial score (nSPS) is 10.8. The van der Waals surface area contributed by atoms with Gasteiger partial charge in [-0.15, -0.1) is 0 Å². The maximum Gasteiger partial charge on any atom is 0.125 e. The first-order valence-corrected chi connectivity index (χ1v) is 7.66. The Labute approximate surface area is 131 Å². The SMILES string of the molecule is CCc1nn(CC)c(CNc2cc(F)ccc2Cl)c1Br. The average molecular weight is 361 g/mol. The van der Waals surface area contributed by atoms with Crippen molar-refractivity contribution in [2.24, 2.45) is 0 Å². The molecule has 0 aliphatic heterocycles. The number of hydrogen-bond donors (Lipinski definition) is 1. The van der Waals surface area contributed by atoms with Crippen molar-refractivity contribution in [1.29, 1.82) is 0 Å². The summed E-state index contributed by atoms with van der Waals surface area (Å²) in [4.78, 5) is 0. The fourth-order valence-corrected chi connectivity index (χ4v) is 2.89. The Hall–Kier alpha value is -1.07. The van der Waals surface area contributed by atoms with Crippen LogP contribution in [0.25, 0.3) is 0 Å². The predicted octanol–water partition coefficient (Wildman–Crippen LogP) is 4.63. The molecule has 1 N–H and O–H groups in total. The van der Waals surface area contributed by atoms with E-state index in [0.717, 1.165) is 28.8 Å². The maximum absolute atomic E-state index is 13.2. The van der Waals surface area contributed by atoms with E-state index in [1.165, 1.54) is 12.1 Å². The molecule has 20 heavy (non-hydrogen) atoms. The van der Waals surface area contributed by atoms with Crippen LogP contribution in [0.5, 0.6) is 0 Å². The molecular weight excluding hydrogens is 345 g/mol. The molecule has 0 saturated heterocycles. The largest absolute Gasteiger partial charge is 0.378 e. The summed E-state index contributed by atoms with van der Waals surface area (Å²) >= 11 is 9.62. The zero-order valence-corrected chi connectivity index (χ0v) is 13.7. The molecule has 1 aromatic heterocycles. The number of nitrogens with one attached hydrogen (secondary N) is 1. The maximum atomic E-state index is 13.2. The van der Waals surface area contributed by atoms with Gasteiger partial charge in [0, 0.05) is 6.54 Å². The third-order valence-corrected chi connectivity index (χ3v) is 4.31. The topological polar surface area (TPSA) is 29.9 Å². The zero-order chi connectivity index (χ0) is 14.7. The second-order valence-electron chi connectivity index (χ2n) is 4.35. The fraction of sp³-hybridized carbons (Fsp3) is 0.357. The van der Waals surface area contributed by atoms with Crippen LogP contribution in [0.1, 0.15) is 25.2 Å². The highest BCUT2D eigenvalue weighted by Gasteiger charge is 2.14. The Bertz CT molecular complexity index is 613. The summed E-state index contributed by atoms with van der Waals surface area (Å²) in [5, 5.41) is 8.18. The first-order valence-electron chi connectivity index (χ1n) is 6.49. The van der Waals surface area contributed by atoms with E-state index in [9.17, 15) is 4.39 Å². The third-order valence-electron chi connectivity index (χ3n) is 3.07. The molecule has 0 bridgehead atoms. The highest BCUT2D eigenvalue weighted by atomic mass is 79.9. The van der Waals surface area contributed by atoms with E-state index < -0.39 is 0 Å². The summed E-state index contributed by atoms with van der Waals surface area (Å²) in [6, 6.07) is 4.28. The lowest BCUT2D eigenvalue weighted by Crippen LogP contribution is -2.08. The summed E-state index contributed by atoms with van der Waals surface area (Å²) in [7, 11) is 0. The van der Waals surface area contributed by atoms with Crippen LogP contribution in [0, 0.1) is 5.82 Å². The smallest absolute Gasteiger partial charge is 0.125 e. The van der Waals surface area contributed by atoms with E-state index in [1.54, 1.807) is 6.07 Å². The van der Waals surface area contributed by atoms with Gasteiger partial charge in [0.05, 0.1) is 33.1 Å². The molecule has 0 unspecified atom stereocenters. The van der Waals surface area contributed by atoms with Crippen molar-refractivity contribution in [3.63, 3.8) is 0 Å². The van der Waals surface area contributed by atoms with Gasteiger partial charge in [-0.2, -0.15) is 5.10 Å². The Kier molecular flexibility index (Phi) is 5.05. The van der Waals surface area contributed by atoms with Gasteiger partial charge in [-0.05, 0) is 47.5 Å². The lowest BCUT2D eigenvalue weighted by molar-refractivity contribution is 0.618. The number of halogens is 3. The minimum Gasteiger partial charge on any atom is -0.378 e. The highest BCUT2D eigenvalue weighted by Crippen LogP contribution is 2.26. The van der Waals surface area contributed by atoms with Crippen molar-refractivity contribution in [3.8, 4) is 0 Å². The molecule has 108 valence electrons. The molecule has 2 rings (SSSR count). The van der Waals surface area contributed by atoms with Crippen molar-refractivity contribution in [2.75, 3.05) is 5.32 Å². The Balaban J connectivity index is 2.22. The van der Waals surface area contributed by atoms with Crippen LogP contribution in [-0.2, 0) is 19.5 Å². The number of benzene rings is 1. The molecular formula is C14H16BrClFN3. The molecule has 0 aliphatic carbocycles. The van der Waals surface area contributed by atoms with Crippen molar-refractivity contribution < 1.29 is 4.39 Å². The summed E-state index contributed by atoms with van der Waals surface area (Å²) in [5.41, 5.74) is 2.64. The molecule has 0 amide bonds. The number of nitrogens with zero attached hydrogens (tertiary/aromatic N) is 2. The van der Waals surface area contributed by atoms with Gasteiger partial charge in [0.1, 0.15) is 5.82 Å². The van der Waals surface area contributed by atoms with Gasteiger partial charge in [-0.25, -0.2) is 4.39 Å². The first-order chi connectivity index (χ1) is 9.56. The van der Waals surface area contributed by atoms with Gasteiger partial charge in [0.2, 0.25) is 0 Å². The van der Waals surface area contributed by atoms with Crippen molar-refractivity contribution in [1.82, 2.24) is 9.78 Å². The Morgan fingerprint density at radius 3 is 2.80 bits per heavy atom. The van der Waals surface area contributed by atoms with Crippen LogP contribution < -0.4 is 5.32 Å². The molecule has 0 aliphatic rings. The van der Waals surface area contributed by atoms with E-state index in [2.05, 4.69) is 33.3 Å². The van der Waals surface area contributed by atoms with E-state index in [0.29, 0.717) is 17.3 Å². The Morgan fingerprint density at radius 1 is 1.40 bits per heavy atom. The minimum atomic E-state index is -0.311. The second kappa shape index (κ2) is 6.59. The van der Waals surface area contributed by atoms with Gasteiger partial charge in [0.25, 0.3) is 0 Å². The number of anilines is 1. The van der Waals surface area contributed by atoms with Crippen LogP contribution in [0.15, 0.2) is 22.7 Å².